The zero-order valence-electron chi connectivity index (χ0n) is 19.4. The summed E-state index contributed by atoms with van der Waals surface area (Å²) < 4.78 is 26.8. The first-order valence-electron chi connectivity index (χ1n) is 10.5. The van der Waals surface area contributed by atoms with E-state index in [4.69, 9.17) is 23.2 Å². The van der Waals surface area contributed by atoms with Gasteiger partial charge in [0.15, 0.2) is 0 Å². The Kier molecular flexibility index (Phi) is 10.2. The predicted molar refractivity (Wildman–Crippen MR) is 141 cm³/mol. The van der Waals surface area contributed by atoms with E-state index in [2.05, 4.69) is 21.2 Å². The highest BCUT2D eigenvalue weighted by atomic mass is 79.9. The minimum atomic E-state index is -3.79. The molecule has 7 nitrogen and oxygen atoms in total. The number of amides is 2. The Morgan fingerprint density at radius 2 is 1.74 bits per heavy atom. The Hall–Kier alpha value is -1.81. The van der Waals surface area contributed by atoms with Crippen molar-refractivity contribution in [3.05, 3.63) is 62.5 Å². The first-order valence-corrected chi connectivity index (χ1v) is 13.9. The molecule has 11 heteroatoms. The second kappa shape index (κ2) is 12.2. The molecule has 2 amide bonds. The van der Waals surface area contributed by atoms with E-state index in [-0.39, 0.29) is 18.4 Å². The standard InChI is InChI=1S/C23H28BrCl2N3O4S/c1-15(2)12-27-23(31)16(3)28(13-17-8-9-20(25)21(26)10-17)22(30)14-29(34(4,32)33)19-7-5-6-18(24)11-19/h5-11,15-16H,12-14H2,1-4H3,(H,27,31). The van der Waals surface area contributed by atoms with Crippen LogP contribution in [0.1, 0.15) is 26.3 Å². The molecule has 0 aliphatic rings. The molecule has 1 unspecified atom stereocenters. The highest BCUT2D eigenvalue weighted by Gasteiger charge is 2.30. The molecule has 2 aromatic carbocycles. The van der Waals surface area contributed by atoms with Crippen LogP contribution in [-0.4, -0.2) is 50.5 Å². The summed E-state index contributed by atoms with van der Waals surface area (Å²) in [7, 11) is -3.79. The summed E-state index contributed by atoms with van der Waals surface area (Å²) in [6, 6.07) is 10.7. The van der Waals surface area contributed by atoms with E-state index >= 15 is 0 Å². The van der Waals surface area contributed by atoms with Crippen LogP contribution in [0.15, 0.2) is 46.9 Å². The van der Waals surface area contributed by atoms with Crippen molar-refractivity contribution in [1.82, 2.24) is 10.2 Å². The average Bonchev–Trinajstić information content (AvgIpc) is 2.75. The summed E-state index contributed by atoms with van der Waals surface area (Å²) in [6.07, 6.45) is 1.03. The molecule has 2 rings (SSSR count). The number of carbonyl (C=O) groups excluding carboxylic acids is 2. The van der Waals surface area contributed by atoms with Crippen molar-refractivity contribution in [2.45, 2.75) is 33.4 Å². The topological polar surface area (TPSA) is 86.8 Å². The zero-order valence-corrected chi connectivity index (χ0v) is 23.3. The van der Waals surface area contributed by atoms with Crippen LogP contribution in [0.2, 0.25) is 10.0 Å². The van der Waals surface area contributed by atoms with Crippen molar-refractivity contribution in [3.63, 3.8) is 0 Å². The fourth-order valence-electron chi connectivity index (χ4n) is 3.11. The molecule has 0 fully saturated rings. The number of hydrogen-bond donors (Lipinski definition) is 1. The number of sulfonamides is 1. The van der Waals surface area contributed by atoms with Gasteiger partial charge in [-0.1, -0.05) is 65.1 Å². The van der Waals surface area contributed by atoms with Gasteiger partial charge in [0, 0.05) is 17.6 Å². The number of hydrogen-bond acceptors (Lipinski definition) is 4. The highest BCUT2D eigenvalue weighted by Crippen LogP contribution is 2.25. The third-order valence-corrected chi connectivity index (χ3v) is 7.34. The Labute approximate surface area is 219 Å². The number of benzene rings is 2. The smallest absolute Gasteiger partial charge is 0.244 e. The van der Waals surface area contributed by atoms with Gasteiger partial charge < -0.3 is 10.2 Å². The van der Waals surface area contributed by atoms with E-state index in [1.165, 1.54) is 4.90 Å². The van der Waals surface area contributed by atoms with Crippen molar-refractivity contribution < 1.29 is 18.0 Å². The second-order valence-electron chi connectivity index (χ2n) is 8.33. The Morgan fingerprint density at radius 1 is 1.06 bits per heavy atom. The minimum absolute atomic E-state index is 0.0437. The molecule has 0 aliphatic heterocycles. The SMILES string of the molecule is CC(C)CNC(=O)C(C)N(Cc1ccc(Cl)c(Cl)c1)C(=O)CN(c1cccc(Br)c1)S(C)(=O)=O. The maximum Gasteiger partial charge on any atom is 0.244 e. The van der Waals surface area contributed by atoms with Gasteiger partial charge in [0.1, 0.15) is 12.6 Å². The van der Waals surface area contributed by atoms with Crippen LogP contribution in [0.25, 0.3) is 0 Å². The quantitative estimate of drug-likeness (QED) is 0.433. The van der Waals surface area contributed by atoms with Crippen molar-refractivity contribution in [1.29, 1.82) is 0 Å². The normalized spacial score (nSPS) is 12.4. The van der Waals surface area contributed by atoms with Gasteiger partial charge in [-0.05, 0) is 48.7 Å². The predicted octanol–water partition coefficient (Wildman–Crippen LogP) is 4.71. The van der Waals surface area contributed by atoms with Crippen LogP contribution >= 0.6 is 39.1 Å². The molecule has 0 aliphatic carbocycles. The molecule has 0 spiro atoms. The van der Waals surface area contributed by atoms with E-state index < -0.39 is 28.5 Å². The Bertz CT molecular complexity index is 1140. The van der Waals surface area contributed by atoms with Gasteiger partial charge in [-0.3, -0.25) is 13.9 Å². The molecule has 0 heterocycles. The van der Waals surface area contributed by atoms with Gasteiger partial charge in [0.2, 0.25) is 21.8 Å². The van der Waals surface area contributed by atoms with Crippen LogP contribution in [-0.2, 0) is 26.2 Å². The lowest BCUT2D eigenvalue weighted by atomic mass is 10.1. The number of nitrogens with zero attached hydrogens (tertiary/aromatic N) is 2. The molecular weight excluding hydrogens is 565 g/mol. The molecule has 0 aromatic heterocycles. The van der Waals surface area contributed by atoms with E-state index in [9.17, 15) is 18.0 Å². The number of halogens is 3. The van der Waals surface area contributed by atoms with Crippen LogP contribution in [0.5, 0.6) is 0 Å². The Morgan fingerprint density at radius 3 is 2.29 bits per heavy atom. The van der Waals surface area contributed by atoms with Gasteiger partial charge in [-0.25, -0.2) is 8.42 Å². The van der Waals surface area contributed by atoms with Crippen LogP contribution in [0.3, 0.4) is 0 Å². The van der Waals surface area contributed by atoms with Crippen molar-refractivity contribution in [2.24, 2.45) is 5.92 Å². The van der Waals surface area contributed by atoms with E-state index in [1.807, 2.05) is 13.8 Å². The van der Waals surface area contributed by atoms with Crippen LogP contribution in [0, 0.1) is 5.92 Å². The largest absolute Gasteiger partial charge is 0.354 e. The van der Waals surface area contributed by atoms with Gasteiger partial charge in [0.05, 0.1) is 22.0 Å². The van der Waals surface area contributed by atoms with Gasteiger partial charge in [0.25, 0.3) is 0 Å². The van der Waals surface area contributed by atoms with Crippen LogP contribution < -0.4 is 9.62 Å². The molecule has 1 atom stereocenters. The molecule has 0 bridgehead atoms. The first-order chi connectivity index (χ1) is 15.8. The number of anilines is 1. The molecule has 34 heavy (non-hydrogen) atoms. The lowest BCUT2D eigenvalue weighted by Gasteiger charge is -2.31. The van der Waals surface area contributed by atoms with Crippen LogP contribution in [0.4, 0.5) is 5.69 Å². The highest BCUT2D eigenvalue weighted by molar-refractivity contribution is 9.10. The van der Waals surface area contributed by atoms with Gasteiger partial charge in [-0.15, -0.1) is 0 Å². The second-order valence-corrected chi connectivity index (χ2v) is 12.0. The monoisotopic (exact) mass is 591 g/mol. The van der Waals surface area contributed by atoms with Crippen molar-refractivity contribution in [3.8, 4) is 0 Å². The number of carbonyl (C=O) groups is 2. The maximum absolute atomic E-state index is 13.5. The van der Waals surface area contributed by atoms with Crippen molar-refractivity contribution >= 4 is 66.7 Å². The minimum Gasteiger partial charge on any atom is -0.354 e. The summed E-state index contributed by atoms with van der Waals surface area (Å²) in [6.45, 7) is 5.55. The fourth-order valence-corrected chi connectivity index (χ4v) is 4.66. The van der Waals surface area contributed by atoms with E-state index in [0.717, 1.165) is 10.6 Å². The number of nitrogens with one attached hydrogen (secondary N) is 1. The zero-order chi connectivity index (χ0) is 25.6. The molecule has 1 N–H and O–H groups in total. The average molecular weight is 593 g/mol. The summed E-state index contributed by atoms with van der Waals surface area (Å²) in [4.78, 5) is 27.6. The summed E-state index contributed by atoms with van der Waals surface area (Å²) in [5.74, 6) is -0.647. The van der Waals surface area contributed by atoms with E-state index in [0.29, 0.717) is 32.3 Å². The molecule has 186 valence electrons. The maximum atomic E-state index is 13.5. The van der Waals surface area contributed by atoms with E-state index in [1.54, 1.807) is 49.4 Å². The number of rotatable bonds is 10. The fraction of sp³-hybridized carbons (Fsp3) is 0.391. The molecule has 0 radical (unpaired) electrons. The first kappa shape index (κ1) is 28.4. The van der Waals surface area contributed by atoms with Crippen molar-refractivity contribution in [2.75, 3.05) is 23.7 Å². The van der Waals surface area contributed by atoms with Gasteiger partial charge in [-0.2, -0.15) is 0 Å². The molecule has 0 saturated carbocycles. The summed E-state index contributed by atoms with van der Waals surface area (Å²) in [5, 5.41) is 3.51. The summed E-state index contributed by atoms with van der Waals surface area (Å²) >= 11 is 15.5. The molecular formula is C23H28BrCl2N3O4S. The lowest BCUT2D eigenvalue weighted by Crippen LogP contribution is -2.51. The third-order valence-electron chi connectivity index (χ3n) is 4.96. The molecule has 0 saturated heterocycles. The third kappa shape index (κ3) is 8.15. The lowest BCUT2D eigenvalue weighted by molar-refractivity contribution is -0.139. The van der Waals surface area contributed by atoms with Gasteiger partial charge >= 0.3 is 0 Å². The summed E-state index contributed by atoms with van der Waals surface area (Å²) in [5.41, 5.74) is 0.983. The Balaban J connectivity index is 2.39. The molecule has 2 aromatic rings.